The van der Waals surface area contributed by atoms with Gasteiger partial charge in [0, 0.05) is 12.0 Å². The molecule has 0 aliphatic carbocycles. The summed E-state index contributed by atoms with van der Waals surface area (Å²) in [6.45, 7) is 2.54. The Bertz CT molecular complexity index is 371. The first-order valence-corrected chi connectivity index (χ1v) is 5.96. The zero-order chi connectivity index (χ0) is 12.5. The molecule has 17 heavy (non-hydrogen) atoms. The fourth-order valence-corrected chi connectivity index (χ4v) is 1.52. The minimum absolute atomic E-state index is 0.195. The molecule has 1 rings (SSSR count). The summed E-state index contributed by atoms with van der Waals surface area (Å²) in [5.74, 6) is -0.195. The van der Waals surface area contributed by atoms with Gasteiger partial charge in [-0.05, 0) is 18.4 Å². The molecule has 3 heteroatoms. The number of aryl methyl sites for hydroxylation is 1. The van der Waals surface area contributed by atoms with Gasteiger partial charge in [-0.1, -0.05) is 37.6 Å². The third-order valence-electron chi connectivity index (χ3n) is 2.54. The molecule has 0 aromatic heterocycles. The van der Waals surface area contributed by atoms with Crippen molar-refractivity contribution in [3.05, 3.63) is 35.4 Å². The molecule has 3 nitrogen and oxygen atoms in total. The molecule has 92 valence electrons. The van der Waals surface area contributed by atoms with Crippen LogP contribution in [0.5, 0.6) is 0 Å². The van der Waals surface area contributed by atoms with E-state index in [9.17, 15) is 9.59 Å². The topological polar surface area (TPSA) is 43.4 Å². The molecule has 0 amide bonds. The lowest BCUT2D eigenvalue weighted by molar-refractivity contribution is -0.143. The second kappa shape index (κ2) is 7.60. The van der Waals surface area contributed by atoms with E-state index in [0.29, 0.717) is 25.0 Å². The minimum atomic E-state index is -0.195. The summed E-state index contributed by atoms with van der Waals surface area (Å²) in [7, 11) is 0. The third-order valence-corrected chi connectivity index (χ3v) is 2.54. The average Bonchev–Trinajstić information content (AvgIpc) is 2.37. The van der Waals surface area contributed by atoms with E-state index >= 15 is 0 Å². The van der Waals surface area contributed by atoms with Crippen LogP contribution >= 0.6 is 0 Å². The van der Waals surface area contributed by atoms with Crippen molar-refractivity contribution in [1.29, 1.82) is 0 Å². The number of hydrogen-bond donors (Lipinski definition) is 0. The molecule has 0 atom stereocenters. The van der Waals surface area contributed by atoms with Gasteiger partial charge in [-0.3, -0.25) is 9.59 Å². The normalized spacial score (nSPS) is 9.94. The van der Waals surface area contributed by atoms with Gasteiger partial charge in [-0.25, -0.2) is 0 Å². The van der Waals surface area contributed by atoms with Gasteiger partial charge in [-0.2, -0.15) is 0 Å². The fourth-order valence-electron chi connectivity index (χ4n) is 1.52. The molecule has 0 aliphatic rings. The summed E-state index contributed by atoms with van der Waals surface area (Å²) in [5, 5.41) is 0. The van der Waals surface area contributed by atoms with Crippen LogP contribution in [0.15, 0.2) is 24.3 Å². The lowest BCUT2D eigenvalue weighted by Crippen LogP contribution is -2.07. The minimum Gasteiger partial charge on any atom is -0.466 e. The number of aldehydes is 1. The Morgan fingerprint density at radius 3 is 2.82 bits per heavy atom. The van der Waals surface area contributed by atoms with E-state index in [0.717, 1.165) is 24.7 Å². The highest BCUT2D eigenvalue weighted by atomic mass is 16.5. The number of hydrogen-bond acceptors (Lipinski definition) is 3. The van der Waals surface area contributed by atoms with Gasteiger partial charge >= 0.3 is 5.97 Å². The molecule has 0 fully saturated rings. The molecular weight excluding hydrogens is 216 g/mol. The van der Waals surface area contributed by atoms with Gasteiger partial charge in [0.1, 0.15) is 6.29 Å². The molecule has 1 aromatic rings. The molecule has 0 heterocycles. The van der Waals surface area contributed by atoms with E-state index < -0.39 is 0 Å². The molecular formula is C14H18O3. The van der Waals surface area contributed by atoms with Gasteiger partial charge in [-0.15, -0.1) is 0 Å². The lowest BCUT2D eigenvalue weighted by Gasteiger charge is -2.05. The van der Waals surface area contributed by atoms with Crippen LogP contribution in [0.25, 0.3) is 0 Å². The number of carbonyl (C=O) groups excluding carboxylic acids is 2. The number of benzene rings is 1. The first-order valence-electron chi connectivity index (χ1n) is 5.96. The lowest BCUT2D eigenvalue weighted by atomic mass is 10.0. The Labute approximate surface area is 102 Å². The van der Waals surface area contributed by atoms with Crippen LogP contribution in [0.3, 0.4) is 0 Å². The van der Waals surface area contributed by atoms with E-state index in [2.05, 4.69) is 0 Å². The van der Waals surface area contributed by atoms with Gasteiger partial charge in [0.2, 0.25) is 0 Å². The number of carbonyl (C=O) groups is 2. The summed E-state index contributed by atoms with van der Waals surface area (Å²) >= 11 is 0. The largest absolute Gasteiger partial charge is 0.466 e. The monoisotopic (exact) mass is 234 g/mol. The van der Waals surface area contributed by atoms with Gasteiger partial charge in [0.15, 0.2) is 0 Å². The fraction of sp³-hybridized carbons (Fsp3) is 0.429. The molecule has 0 unspecified atom stereocenters. The van der Waals surface area contributed by atoms with Crippen molar-refractivity contribution in [2.45, 2.75) is 32.6 Å². The van der Waals surface area contributed by atoms with Gasteiger partial charge in [0.25, 0.3) is 0 Å². The molecule has 0 saturated carbocycles. The molecule has 1 aromatic carbocycles. The quantitative estimate of drug-likeness (QED) is 0.414. The van der Waals surface area contributed by atoms with Crippen LogP contribution in [0.1, 0.15) is 42.1 Å². The summed E-state index contributed by atoms with van der Waals surface area (Å²) in [5.41, 5.74) is 1.55. The maximum atomic E-state index is 11.4. The zero-order valence-electron chi connectivity index (χ0n) is 10.1. The van der Waals surface area contributed by atoms with Gasteiger partial charge in [0.05, 0.1) is 6.61 Å². The van der Waals surface area contributed by atoms with Crippen molar-refractivity contribution in [2.24, 2.45) is 0 Å². The van der Waals surface area contributed by atoms with E-state index in [1.165, 1.54) is 0 Å². The Morgan fingerprint density at radius 1 is 1.35 bits per heavy atom. The Balaban J connectivity index is 2.39. The average molecular weight is 234 g/mol. The molecule has 0 saturated heterocycles. The Morgan fingerprint density at radius 2 is 2.12 bits per heavy atom. The summed E-state index contributed by atoms with van der Waals surface area (Å²) in [6, 6.07) is 7.30. The van der Waals surface area contributed by atoms with Crippen molar-refractivity contribution >= 4 is 12.3 Å². The second-order valence-corrected chi connectivity index (χ2v) is 3.89. The highest BCUT2D eigenvalue weighted by molar-refractivity contribution is 5.77. The number of ether oxygens (including phenoxy) is 1. The maximum Gasteiger partial charge on any atom is 0.306 e. The number of unbranched alkanes of at least 4 members (excludes halogenated alkanes) is 1. The van der Waals surface area contributed by atoms with Crippen LogP contribution < -0.4 is 0 Å². The predicted octanol–water partition coefficient (Wildman–Crippen LogP) is 2.78. The van der Waals surface area contributed by atoms with Crippen molar-refractivity contribution in [2.75, 3.05) is 6.61 Å². The van der Waals surface area contributed by atoms with E-state index in [4.69, 9.17) is 4.74 Å². The van der Waals surface area contributed by atoms with Crippen molar-refractivity contribution in [3.63, 3.8) is 0 Å². The van der Waals surface area contributed by atoms with Crippen LogP contribution in [-0.2, 0) is 16.0 Å². The summed E-state index contributed by atoms with van der Waals surface area (Å²) < 4.78 is 5.05. The standard InChI is InChI=1S/C14H18O3/c1-2-3-10-17-14(16)9-8-12-6-4-5-7-13(12)11-15/h4-7,11H,2-3,8-10H2,1H3. The zero-order valence-corrected chi connectivity index (χ0v) is 10.1. The van der Waals surface area contributed by atoms with E-state index in [1.807, 2.05) is 25.1 Å². The molecule has 0 aliphatic heterocycles. The maximum absolute atomic E-state index is 11.4. The molecule has 0 N–H and O–H groups in total. The smallest absolute Gasteiger partial charge is 0.306 e. The molecule has 0 bridgehead atoms. The summed E-state index contributed by atoms with van der Waals surface area (Å²) in [4.78, 5) is 22.1. The summed E-state index contributed by atoms with van der Waals surface area (Å²) in [6.07, 6.45) is 3.62. The number of esters is 1. The molecule has 0 radical (unpaired) electrons. The van der Waals surface area contributed by atoms with Crippen molar-refractivity contribution < 1.29 is 14.3 Å². The van der Waals surface area contributed by atoms with Crippen molar-refractivity contribution in [1.82, 2.24) is 0 Å². The molecule has 0 spiro atoms. The highest BCUT2D eigenvalue weighted by Gasteiger charge is 2.06. The highest BCUT2D eigenvalue weighted by Crippen LogP contribution is 2.09. The van der Waals surface area contributed by atoms with Crippen LogP contribution in [0, 0.1) is 0 Å². The third kappa shape index (κ3) is 4.81. The van der Waals surface area contributed by atoms with E-state index in [-0.39, 0.29) is 5.97 Å². The predicted molar refractivity (Wildman–Crippen MR) is 66.0 cm³/mol. The van der Waals surface area contributed by atoms with Crippen LogP contribution in [0.2, 0.25) is 0 Å². The second-order valence-electron chi connectivity index (χ2n) is 3.89. The Kier molecular flexibility index (Phi) is 6.00. The first kappa shape index (κ1) is 13.4. The first-order chi connectivity index (χ1) is 8.27. The van der Waals surface area contributed by atoms with Crippen molar-refractivity contribution in [3.8, 4) is 0 Å². The number of rotatable bonds is 7. The Hall–Kier alpha value is -1.64. The van der Waals surface area contributed by atoms with Gasteiger partial charge < -0.3 is 4.74 Å². The van der Waals surface area contributed by atoms with Crippen LogP contribution in [-0.4, -0.2) is 18.9 Å². The SMILES string of the molecule is CCCCOC(=O)CCc1ccccc1C=O. The van der Waals surface area contributed by atoms with E-state index in [1.54, 1.807) is 6.07 Å². The van der Waals surface area contributed by atoms with Crippen LogP contribution in [0.4, 0.5) is 0 Å².